The molecule has 0 atom stereocenters. The third kappa shape index (κ3) is 2.86. The summed E-state index contributed by atoms with van der Waals surface area (Å²) >= 11 is 0. The van der Waals surface area contributed by atoms with Crippen molar-refractivity contribution in [3.63, 3.8) is 0 Å². The fourth-order valence-corrected chi connectivity index (χ4v) is 2.13. The van der Waals surface area contributed by atoms with E-state index in [9.17, 15) is 4.39 Å². The van der Waals surface area contributed by atoms with Crippen molar-refractivity contribution in [3.8, 4) is 0 Å². The molecule has 8 heteroatoms. The SMILES string of the molecule is Cc1nc(NCCO)c2nnn(Cc3ccc(F)cc3)c2n1. The van der Waals surface area contributed by atoms with Crippen LogP contribution in [0.1, 0.15) is 11.4 Å². The Morgan fingerprint density at radius 3 is 2.73 bits per heavy atom. The van der Waals surface area contributed by atoms with Crippen molar-refractivity contribution in [2.45, 2.75) is 13.5 Å². The Labute approximate surface area is 125 Å². The molecule has 0 aliphatic carbocycles. The molecule has 0 radical (unpaired) electrons. The van der Waals surface area contributed by atoms with Crippen LogP contribution >= 0.6 is 0 Å². The maximum atomic E-state index is 13.0. The summed E-state index contributed by atoms with van der Waals surface area (Å²) in [6.45, 7) is 2.58. The second-order valence-corrected chi connectivity index (χ2v) is 4.82. The van der Waals surface area contributed by atoms with Crippen molar-refractivity contribution in [1.29, 1.82) is 0 Å². The Morgan fingerprint density at radius 2 is 2.00 bits per heavy atom. The summed E-state index contributed by atoms with van der Waals surface area (Å²) in [5.41, 5.74) is 2.03. The highest BCUT2D eigenvalue weighted by Crippen LogP contribution is 2.18. The maximum absolute atomic E-state index is 13.0. The Bertz CT molecular complexity index is 786. The summed E-state index contributed by atoms with van der Waals surface area (Å²) < 4.78 is 14.6. The monoisotopic (exact) mass is 302 g/mol. The minimum absolute atomic E-state index is 0.00569. The van der Waals surface area contributed by atoms with Gasteiger partial charge in [-0.05, 0) is 24.6 Å². The minimum Gasteiger partial charge on any atom is -0.395 e. The van der Waals surface area contributed by atoms with Gasteiger partial charge in [0.25, 0.3) is 0 Å². The van der Waals surface area contributed by atoms with Gasteiger partial charge in [-0.15, -0.1) is 5.10 Å². The Morgan fingerprint density at radius 1 is 1.23 bits per heavy atom. The van der Waals surface area contributed by atoms with Crippen molar-refractivity contribution in [1.82, 2.24) is 25.0 Å². The summed E-state index contributed by atoms with van der Waals surface area (Å²) in [4.78, 5) is 8.64. The summed E-state index contributed by atoms with van der Waals surface area (Å²) in [5, 5.41) is 20.1. The highest BCUT2D eigenvalue weighted by atomic mass is 19.1. The van der Waals surface area contributed by atoms with Crippen LogP contribution in [0.5, 0.6) is 0 Å². The quantitative estimate of drug-likeness (QED) is 0.734. The average Bonchev–Trinajstić information content (AvgIpc) is 2.90. The van der Waals surface area contributed by atoms with Crippen LogP contribution < -0.4 is 5.32 Å². The minimum atomic E-state index is -0.277. The van der Waals surface area contributed by atoms with Crippen molar-refractivity contribution in [3.05, 3.63) is 41.5 Å². The number of hydrogen-bond donors (Lipinski definition) is 2. The molecule has 114 valence electrons. The van der Waals surface area contributed by atoms with E-state index in [0.29, 0.717) is 35.9 Å². The summed E-state index contributed by atoms with van der Waals surface area (Å²) in [6.07, 6.45) is 0. The fraction of sp³-hybridized carbons (Fsp3) is 0.286. The van der Waals surface area contributed by atoms with Gasteiger partial charge in [0.05, 0.1) is 13.2 Å². The van der Waals surface area contributed by atoms with E-state index in [1.54, 1.807) is 23.7 Å². The van der Waals surface area contributed by atoms with Gasteiger partial charge in [-0.1, -0.05) is 17.3 Å². The zero-order valence-corrected chi connectivity index (χ0v) is 12.0. The van der Waals surface area contributed by atoms with E-state index >= 15 is 0 Å². The number of anilines is 1. The fourth-order valence-electron chi connectivity index (χ4n) is 2.13. The van der Waals surface area contributed by atoms with Gasteiger partial charge in [-0.3, -0.25) is 0 Å². The Kier molecular flexibility index (Phi) is 3.92. The van der Waals surface area contributed by atoms with Gasteiger partial charge < -0.3 is 10.4 Å². The van der Waals surface area contributed by atoms with E-state index < -0.39 is 0 Å². The van der Waals surface area contributed by atoms with E-state index in [1.165, 1.54) is 12.1 Å². The molecule has 3 aromatic rings. The van der Waals surface area contributed by atoms with Gasteiger partial charge in [0.2, 0.25) is 0 Å². The van der Waals surface area contributed by atoms with Gasteiger partial charge in [0, 0.05) is 6.54 Å². The molecule has 3 rings (SSSR count). The number of benzene rings is 1. The first-order chi connectivity index (χ1) is 10.7. The van der Waals surface area contributed by atoms with E-state index in [0.717, 1.165) is 5.56 Å². The standard InChI is InChI=1S/C14H15FN6O/c1-9-17-13(16-6-7-22)12-14(18-9)21(20-19-12)8-10-2-4-11(15)5-3-10/h2-5,22H,6-8H2,1H3,(H,16,17,18). The van der Waals surface area contributed by atoms with Crippen LogP contribution in [0.3, 0.4) is 0 Å². The number of aromatic nitrogens is 5. The van der Waals surface area contributed by atoms with Crippen LogP contribution in [0.15, 0.2) is 24.3 Å². The predicted molar refractivity (Wildman–Crippen MR) is 78.9 cm³/mol. The van der Waals surface area contributed by atoms with Crippen LogP contribution in [0.25, 0.3) is 11.2 Å². The molecule has 0 fully saturated rings. The molecule has 0 spiro atoms. The number of aliphatic hydroxyl groups excluding tert-OH is 1. The van der Waals surface area contributed by atoms with E-state index in [1.807, 2.05) is 0 Å². The van der Waals surface area contributed by atoms with Gasteiger partial charge in [0.15, 0.2) is 17.0 Å². The number of nitrogens with zero attached hydrogens (tertiary/aromatic N) is 5. The van der Waals surface area contributed by atoms with E-state index in [2.05, 4.69) is 25.6 Å². The lowest BCUT2D eigenvalue weighted by Gasteiger charge is -2.06. The molecule has 0 bridgehead atoms. The van der Waals surface area contributed by atoms with Crippen molar-refractivity contribution < 1.29 is 9.50 Å². The average molecular weight is 302 g/mol. The largest absolute Gasteiger partial charge is 0.395 e. The zero-order valence-electron chi connectivity index (χ0n) is 12.0. The third-order valence-corrected chi connectivity index (χ3v) is 3.12. The molecule has 0 aliphatic heterocycles. The summed E-state index contributed by atoms with van der Waals surface area (Å²) in [5.74, 6) is 0.846. The van der Waals surface area contributed by atoms with Crippen LogP contribution in [0, 0.1) is 12.7 Å². The van der Waals surface area contributed by atoms with Crippen LogP contribution in [-0.4, -0.2) is 43.2 Å². The zero-order chi connectivity index (χ0) is 15.5. The molecule has 0 amide bonds. The molecule has 0 unspecified atom stereocenters. The smallest absolute Gasteiger partial charge is 0.184 e. The van der Waals surface area contributed by atoms with E-state index in [-0.39, 0.29) is 12.4 Å². The van der Waals surface area contributed by atoms with Crippen molar-refractivity contribution >= 4 is 17.0 Å². The third-order valence-electron chi connectivity index (χ3n) is 3.12. The molecule has 0 saturated heterocycles. The number of hydrogen-bond acceptors (Lipinski definition) is 6. The van der Waals surface area contributed by atoms with Crippen LogP contribution in [0.4, 0.5) is 10.2 Å². The Balaban J connectivity index is 1.97. The highest BCUT2D eigenvalue weighted by molar-refractivity contribution is 5.82. The molecule has 7 nitrogen and oxygen atoms in total. The van der Waals surface area contributed by atoms with Crippen molar-refractivity contribution in [2.24, 2.45) is 0 Å². The lowest BCUT2D eigenvalue weighted by Crippen LogP contribution is -2.09. The lowest BCUT2D eigenvalue weighted by molar-refractivity contribution is 0.311. The Hall–Kier alpha value is -2.61. The molecule has 22 heavy (non-hydrogen) atoms. The molecule has 0 aliphatic rings. The number of halogens is 1. The highest BCUT2D eigenvalue weighted by Gasteiger charge is 2.13. The number of fused-ring (bicyclic) bond motifs is 1. The summed E-state index contributed by atoms with van der Waals surface area (Å²) in [6, 6.07) is 6.20. The molecular formula is C14H15FN6O. The molecule has 2 aromatic heterocycles. The molecular weight excluding hydrogens is 287 g/mol. The number of nitrogens with one attached hydrogen (secondary N) is 1. The lowest BCUT2D eigenvalue weighted by atomic mass is 10.2. The maximum Gasteiger partial charge on any atom is 0.184 e. The van der Waals surface area contributed by atoms with Gasteiger partial charge in [0.1, 0.15) is 11.6 Å². The second kappa shape index (κ2) is 6.02. The van der Waals surface area contributed by atoms with Crippen LogP contribution in [0.2, 0.25) is 0 Å². The van der Waals surface area contributed by atoms with Gasteiger partial charge >= 0.3 is 0 Å². The first-order valence-corrected chi connectivity index (χ1v) is 6.84. The predicted octanol–water partition coefficient (Wildman–Crippen LogP) is 1.12. The van der Waals surface area contributed by atoms with Crippen molar-refractivity contribution in [2.75, 3.05) is 18.5 Å². The number of aliphatic hydroxyl groups is 1. The molecule has 2 heterocycles. The van der Waals surface area contributed by atoms with Crippen LogP contribution in [-0.2, 0) is 6.54 Å². The van der Waals surface area contributed by atoms with E-state index in [4.69, 9.17) is 5.11 Å². The molecule has 1 aromatic carbocycles. The number of aryl methyl sites for hydroxylation is 1. The first kappa shape index (κ1) is 14.3. The second-order valence-electron chi connectivity index (χ2n) is 4.82. The first-order valence-electron chi connectivity index (χ1n) is 6.84. The van der Waals surface area contributed by atoms with Gasteiger partial charge in [-0.25, -0.2) is 19.0 Å². The topological polar surface area (TPSA) is 88.8 Å². The molecule has 2 N–H and O–H groups in total. The van der Waals surface area contributed by atoms with Gasteiger partial charge in [-0.2, -0.15) is 0 Å². The number of rotatable bonds is 5. The summed E-state index contributed by atoms with van der Waals surface area (Å²) in [7, 11) is 0. The molecule has 0 saturated carbocycles. The normalized spacial score (nSPS) is 11.0.